The molecule has 19 heavy (non-hydrogen) atoms. The third-order valence-corrected chi connectivity index (χ3v) is 2.62. The van der Waals surface area contributed by atoms with E-state index in [2.05, 4.69) is 10.3 Å². The molecule has 0 amide bonds. The average molecular weight is 260 g/mol. The van der Waals surface area contributed by atoms with Gasteiger partial charge < -0.3 is 10.4 Å². The fraction of sp³-hybridized carbons (Fsp3) is 0.143. The second kappa shape index (κ2) is 5.48. The second-order valence-corrected chi connectivity index (χ2v) is 4.13. The first kappa shape index (κ1) is 13.0. The number of benzene rings is 1. The maximum Gasteiger partial charge on any atom is 0.335 e. The monoisotopic (exact) mass is 260 g/mol. The van der Waals surface area contributed by atoms with Gasteiger partial charge in [0.25, 0.3) is 0 Å². The molecule has 4 nitrogen and oxygen atoms in total. The summed E-state index contributed by atoms with van der Waals surface area (Å²) in [5, 5.41) is 11.9. The molecule has 0 bridgehead atoms. The number of hydrogen-bond acceptors (Lipinski definition) is 3. The Hall–Kier alpha value is -2.43. The van der Waals surface area contributed by atoms with Gasteiger partial charge in [0.15, 0.2) is 0 Å². The largest absolute Gasteiger partial charge is 0.478 e. The van der Waals surface area contributed by atoms with E-state index in [1.54, 1.807) is 25.1 Å². The number of rotatable bonds is 4. The lowest BCUT2D eigenvalue weighted by Gasteiger charge is -2.08. The lowest BCUT2D eigenvalue weighted by molar-refractivity contribution is 0.0696. The van der Waals surface area contributed by atoms with E-state index >= 15 is 0 Å². The molecular formula is C14H13FN2O2. The molecule has 0 atom stereocenters. The number of aromatic carboxylic acids is 1. The SMILES string of the molecule is Cc1cc(C(=O)O)cc(NCc2ccccc2F)n1. The zero-order chi connectivity index (χ0) is 13.8. The van der Waals surface area contributed by atoms with Crippen LogP contribution in [0.1, 0.15) is 21.6 Å². The molecule has 1 aromatic heterocycles. The van der Waals surface area contributed by atoms with Gasteiger partial charge in [0.05, 0.1) is 5.56 Å². The molecular weight excluding hydrogens is 247 g/mol. The third kappa shape index (κ3) is 3.28. The van der Waals surface area contributed by atoms with E-state index in [1.165, 1.54) is 18.2 Å². The molecule has 1 heterocycles. The first-order valence-corrected chi connectivity index (χ1v) is 5.75. The number of aromatic nitrogens is 1. The van der Waals surface area contributed by atoms with Crippen LogP contribution in [0, 0.1) is 12.7 Å². The lowest BCUT2D eigenvalue weighted by atomic mass is 10.2. The third-order valence-electron chi connectivity index (χ3n) is 2.62. The number of pyridine rings is 1. The van der Waals surface area contributed by atoms with Gasteiger partial charge in [-0.3, -0.25) is 0 Å². The summed E-state index contributed by atoms with van der Waals surface area (Å²) in [5.74, 6) is -0.902. The minimum absolute atomic E-state index is 0.156. The van der Waals surface area contributed by atoms with Crippen molar-refractivity contribution in [1.82, 2.24) is 4.98 Å². The molecule has 0 saturated carbocycles. The van der Waals surface area contributed by atoms with Gasteiger partial charge in [-0.2, -0.15) is 0 Å². The van der Waals surface area contributed by atoms with Gasteiger partial charge in [0.2, 0.25) is 0 Å². The highest BCUT2D eigenvalue weighted by molar-refractivity contribution is 5.88. The molecule has 0 saturated heterocycles. The summed E-state index contributed by atoms with van der Waals surface area (Å²) in [5.41, 5.74) is 1.25. The van der Waals surface area contributed by atoms with Crippen molar-refractivity contribution in [2.75, 3.05) is 5.32 Å². The van der Waals surface area contributed by atoms with Gasteiger partial charge in [0, 0.05) is 17.8 Å². The van der Waals surface area contributed by atoms with Crippen molar-refractivity contribution >= 4 is 11.8 Å². The van der Waals surface area contributed by atoms with Crippen LogP contribution in [0.15, 0.2) is 36.4 Å². The molecule has 0 aliphatic heterocycles. The highest BCUT2D eigenvalue weighted by atomic mass is 19.1. The highest BCUT2D eigenvalue weighted by Crippen LogP contribution is 2.13. The van der Waals surface area contributed by atoms with Gasteiger partial charge >= 0.3 is 5.97 Å². The Labute approximate surface area is 109 Å². The van der Waals surface area contributed by atoms with Crippen LogP contribution in [0.4, 0.5) is 10.2 Å². The summed E-state index contributed by atoms with van der Waals surface area (Å²) in [6.07, 6.45) is 0. The van der Waals surface area contributed by atoms with Crippen LogP contribution in [0.25, 0.3) is 0 Å². The van der Waals surface area contributed by atoms with Gasteiger partial charge in [-0.25, -0.2) is 14.2 Å². The smallest absolute Gasteiger partial charge is 0.335 e. The summed E-state index contributed by atoms with van der Waals surface area (Å²) >= 11 is 0. The lowest BCUT2D eigenvalue weighted by Crippen LogP contribution is -2.06. The Morgan fingerprint density at radius 3 is 2.79 bits per heavy atom. The normalized spacial score (nSPS) is 10.2. The van der Waals surface area contributed by atoms with Gasteiger partial charge in [0.1, 0.15) is 11.6 Å². The highest BCUT2D eigenvalue weighted by Gasteiger charge is 2.07. The topological polar surface area (TPSA) is 62.2 Å². The zero-order valence-electron chi connectivity index (χ0n) is 10.4. The molecule has 2 aromatic rings. The molecule has 1 aromatic carbocycles. The number of halogens is 1. The Balaban J connectivity index is 2.16. The number of nitrogens with zero attached hydrogens (tertiary/aromatic N) is 1. The van der Waals surface area contributed by atoms with Crippen LogP contribution in [-0.2, 0) is 6.54 Å². The summed E-state index contributed by atoms with van der Waals surface area (Å²) in [6.45, 7) is 1.96. The van der Waals surface area contributed by atoms with Crippen LogP contribution < -0.4 is 5.32 Å². The molecule has 2 rings (SSSR count). The van der Waals surface area contributed by atoms with Crippen LogP contribution in [0.5, 0.6) is 0 Å². The maximum absolute atomic E-state index is 13.4. The van der Waals surface area contributed by atoms with E-state index < -0.39 is 5.97 Å². The molecule has 2 N–H and O–H groups in total. The Morgan fingerprint density at radius 1 is 1.37 bits per heavy atom. The number of hydrogen-bond donors (Lipinski definition) is 2. The summed E-state index contributed by atoms with van der Waals surface area (Å²) in [6, 6.07) is 9.31. The first-order valence-electron chi connectivity index (χ1n) is 5.75. The summed E-state index contributed by atoms with van der Waals surface area (Å²) in [7, 11) is 0. The predicted octanol–water partition coefficient (Wildman–Crippen LogP) is 2.84. The van der Waals surface area contributed by atoms with E-state index in [0.717, 1.165) is 0 Å². The maximum atomic E-state index is 13.4. The van der Waals surface area contributed by atoms with Crippen molar-refractivity contribution in [3.05, 3.63) is 59.0 Å². The van der Waals surface area contributed by atoms with E-state index in [0.29, 0.717) is 17.1 Å². The minimum atomic E-state index is -1.01. The number of carboxylic acids is 1. The molecule has 0 aliphatic rings. The molecule has 0 unspecified atom stereocenters. The van der Waals surface area contributed by atoms with Crippen molar-refractivity contribution in [2.24, 2.45) is 0 Å². The summed E-state index contributed by atoms with van der Waals surface area (Å²) in [4.78, 5) is 15.1. The molecule has 0 spiro atoms. The van der Waals surface area contributed by atoms with Gasteiger partial charge in [-0.15, -0.1) is 0 Å². The van der Waals surface area contributed by atoms with Gasteiger partial charge in [-0.1, -0.05) is 18.2 Å². The van der Waals surface area contributed by atoms with Crippen LogP contribution in [-0.4, -0.2) is 16.1 Å². The van der Waals surface area contributed by atoms with E-state index in [9.17, 15) is 9.18 Å². The quantitative estimate of drug-likeness (QED) is 0.887. The van der Waals surface area contributed by atoms with E-state index in [4.69, 9.17) is 5.11 Å². The van der Waals surface area contributed by atoms with Crippen LogP contribution in [0.3, 0.4) is 0 Å². The Bertz CT molecular complexity index is 614. The van der Waals surface area contributed by atoms with Crippen molar-refractivity contribution in [3.63, 3.8) is 0 Å². The molecule has 5 heteroatoms. The number of aryl methyl sites for hydroxylation is 1. The number of carbonyl (C=O) groups is 1. The second-order valence-electron chi connectivity index (χ2n) is 4.13. The molecule has 0 radical (unpaired) electrons. The Kier molecular flexibility index (Phi) is 3.75. The van der Waals surface area contributed by atoms with Crippen LogP contribution >= 0.6 is 0 Å². The fourth-order valence-electron chi connectivity index (χ4n) is 1.71. The Morgan fingerprint density at radius 2 is 2.11 bits per heavy atom. The minimum Gasteiger partial charge on any atom is -0.478 e. The number of carboxylic acid groups (broad SMARTS) is 1. The van der Waals surface area contributed by atoms with Crippen molar-refractivity contribution in [2.45, 2.75) is 13.5 Å². The van der Waals surface area contributed by atoms with Crippen molar-refractivity contribution in [1.29, 1.82) is 0 Å². The fourth-order valence-corrected chi connectivity index (χ4v) is 1.71. The predicted molar refractivity (Wildman–Crippen MR) is 69.7 cm³/mol. The first-order chi connectivity index (χ1) is 9.06. The van der Waals surface area contributed by atoms with Gasteiger partial charge in [-0.05, 0) is 25.1 Å². The van der Waals surface area contributed by atoms with E-state index in [1.807, 2.05) is 0 Å². The van der Waals surface area contributed by atoms with E-state index in [-0.39, 0.29) is 17.9 Å². The summed E-state index contributed by atoms with van der Waals surface area (Å²) < 4.78 is 13.4. The van der Waals surface area contributed by atoms with Crippen molar-refractivity contribution < 1.29 is 14.3 Å². The number of anilines is 1. The standard InChI is InChI=1S/C14H13FN2O2/c1-9-6-11(14(18)19)7-13(17-9)16-8-10-4-2-3-5-12(10)15/h2-7H,8H2,1H3,(H,16,17)(H,18,19). The van der Waals surface area contributed by atoms with Crippen molar-refractivity contribution in [3.8, 4) is 0 Å². The molecule has 98 valence electrons. The zero-order valence-corrected chi connectivity index (χ0v) is 10.4. The number of nitrogens with one attached hydrogen (secondary N) is 1. The average Bonchev–Trinajstić information content (AvgIpc) is 2.37. The van der Waals surface area contributed by atoms with Crippen LogP contribution in [0.2, 0.25) is 0 Å². The molecule has 0 aliphatic carbocycles. The molecule has 0 fully saturated rings.